The van der Waals surface area contributed by atoms with Crippen LogP contribution in [0.1, 0.15) is 61.5 Å². The van der Waals surface area contributed by atoms with Crippen molar-refractivity contribution in [3.8, 4) is 0 Å². The highest BCUT2D eigenvalue weighted by Gasteiger charge is 2.42. The number of hydrogen-bond donors (Lipinski definition) is 1. The fraction of sp³-hybridized carbons (Fsp3) is 0.371. The van der Waals surface area contributed by atoms with Gasteiger partial charge in [-0.05, 0) is 81.5 Å². The number of carbonyl (C=O) groups is 4. The predicted molar refractivity (Wildman–Crippen MR) is 170 cm³/mol. The Morgan fingerprint density at radius 3 is 2.60 bits per heavy atom. The fourth-order valence-electron chi connectivity index (χ4n) is 6.32. The lowest BCUT2D eigenvalue weighted by atomic mass is 10.0. The molecule has 0 aliphatic carbocycles. The van der Waals surface area contributed by atoms with Crippen LogP contribution in [0.2, 0.25) is 0 Å². The zero-order valence-electron chi connectivity index (χ0n) is 26.0. The zero-order valence-corrected chi connectivity index (χ0v) is 26.0. The van der Waals surface area contributed by atoms with Gasteiger partial charge in [0.2, 0.25) is 17.7 Å². The van der Waals surface area contributed by atoms with Crippen LogP contribution in [0.5, 0.6) is 0 Å². The molecule has 3 heterocycles. The van der Waals surface area contributed by atoms with E-state index in [0.717, 1.165) is 16.7 Å². The molecule has 45 heavy (non-hydrogen) atoms. The van der Waals surface area contributed by atoms with Crippen molar-refractivity contribution in [3.05, 3.63) is 83.3 Å². The third-order valence-electron chi connectivity index (χ3n) is 8.58. The summed E-state index contributed by atoms with van der Waals surface area (Å²) in [5.74, 6) is -2.24. The molecule has 3 aromatic rings. The highest BCUT2D eigenvalue weighted by molar-refractivity contribution is 6.08. The number of Topliss-reactive ketones (excluding diaryl/α,β-unsaturated/α-hetero) is 1. The minimum Gasteiger partial charge on any atom is -0.342 e. The number of rotatable bonds is 8. The lowest BCUT2D eigenvalue weighted by molar-refractivity contribution is -0.139. The van der Waals surface area contributed by atoms with Gasteiger partial charge in [0.1, 0.15) is 30.6 Å². The monoisotopic (exact) mass is 616 g/mol. The smallest absolute Gasteiger partial charge is 0.249 e. The van der Waals surface area contributed by atoms with Gasteiger partial charge in [-0.15, -0.1) is 0 Å². The van der Waals surface area contributed by atoms with Crippen LogP contribution in [0, 0.1) is 12.7 Å². The van der Waals surface area contributed by atoms with Gasteiger partial charge in [-0.25, -0.2) is 8.78 Å². The van der Waals surface area contributed by atoms with E-state index in [-0.39, 0.29) is 31.0 Å². The minimum atomic E-state index is -1.41. The van der Waals surface area contributed by atoms with Crippen LogP contribution in [0.15, 0.2) is 60.8 Å². The van der Waals surface area contributed by atoms with Crippen LogP contribution < -0.4 is 10.2 Å². The van der Waals surface area contributed by atoms with E-state index >= 15 is 0 Å². The maximum Gasteiger partial charge on any atom is 0.249 e. The van der Waals surface area contributed by atoms with Crippen molar-refractivity contribution in [2.45, 2.75) is 71.8 Å². The summed E-state index contributed by atoms with van der Waals surface area (Å²) < 4.78 is 31.0. The summed E-state index contributed by atoms with van der Waals surface area (Å²) >= 11 is 0. The van der Waals surface area contributed by atoms with Gasteiger partial charge in [-0.1, -0.05) is 30.4 Å². The molecule has 1 N–H and O–H groups in total. The molecule has 10 heteroatoms. The van der Waals surface area contributed by atoms with Crippen LogP contribution >= 0.6 is 0 Å². The van der Waals surface area contributed by atoms with Crippen LogP contribution in [-0.2, 0) is 20.9 Å². The normalized spacial score (nSPS) is 20.8. The number of aromatic nitrogens is 1. The minimum absolute atomic E-state index is 0.153. The molecule has 3 amide bonds. The summed E-state index contributed by atoms with van der Waals surface area (Å²) in [4.78, 5) is 55.5. The van der Waals surface area contributed by atoms with E-state index in [2.05, 4.69) is 5.32 Å². The zero-order chi connectivity index (χ0) is 32.4. The standard InChI is InChI=1S/C35H38F2N4O4/c1-5-8-23(6-2)24-11-13-30-26(16-24)27(22(4)42)19-39(30)20-33(43)41-18-25(36)17-32(41)34(44)38-29-9-7-14-40(35(29)45)31-15-21(3)10-12-28(31)37/h5-6,8,10-13,15-16,19,25,29,32H,7,9,14,17-18,20H2,1-4H3,(H,38,44)/t25-,29?,32+/m1/s1. The van der Waals surface area contributed by atoms with Crippen LogP contribution in [-0.4, -0.2) is 64.3 Å². The van der Waals surface area contributed by atoms with Crippen molar-refractivity contribution in [2.75, 3.05) is 18.0 Å². The Hall–Kier alpha value is -4.60. The maximum absolute atomic E-state index is 14.7. The first kappa shape index (κ1) is 31.8. The molecular weight excluding hydrogens is 578 g/mol. The van der Waals surface area contributed by atoms with Gasteiger partial charge in [-0.3, -0.25) is 19.2 Å². The molecule has 2 aliphatic heterocycles. The average molecular weight is 617 g/mol. The molecule has 2 aromatic carbocycles. The number of benzene rings is 2. The lowest BCUT2D eigenvalue weighted by Crippen LogP contribution is -2.56. The molecule has 8 nitrogen and oxygen atoms in total. The first-order valence-corrected chi connectivity index (χ1v) is 15.3. The quantitative estimate of drug-likeness (QED) is 0.267. The van der Waals surface area contributed by atoms with Crippen molar-refractivity contribution < 1.29 is 28.0 Å². The van der Waals surface area contributed by atoms with E-state index in [1.54, 1.807) is 29.8 Å². The van der Waals surface area contributed by atoms with Gasteiger partial charge in [0.05, 0.1) is 12.2 Å². The molecule has 0 radical (unpaired) electrons. The fourth-order valence-corrected chi connectivity index (χ4v) is 6.32. The number of carbonyl (C=O) groups excluding carboxylic acids is 4. The van der Waals surface area contributed by atoms with Crippen molar-refractivity contribution in [2.24, 2.45) is 0 Å². The number of likely N-dealkylation sites (tertiary alicyclic amines) is 1. The van der Waals surface area contributed by atoms with E-state index < -0.39 is 41.8 Å². The number of alkyl halides is 1. The van der Waals surface area contributed by atoms with Crippen molar-refractivity contribution >= 4 is 45.7 Å². The SMILES string of the molecule is CC=CC(=CC)c1ccc2c(c1)c(C(C)=O)cn2CC(=O)N1C[C@H](F)C[C@H]1C(=O)NC1CCCN(c2cc(C)ccc2F)C1=O. The lowest BCUT2D eigenvalue weighted by Gasteiger charge is -2.34. The summed E-state index contributed by atoms with van der Waals surface area (Å²) in [6, 6.07) is 8.16. The molecule has 2 saturated heterocycles. The number of hydrogen-bond acceptors (Lipinski definition) is 4. The topological polar surface area (TPSA) is 91.7 Å². The number of aryl methyl sites for hydroxylation is 1. The molecular formula is C35H38F2N4O4. The van der Waals surface area contributed by atoms with Gasteiger partial charge in [0.25, 0.3) is 0 Å². The number of anilines is 1. The number of fused-ring (bicyclic) bond motifs is 1. The van der Waals surface area contributed by atoms with Crippen LogP contribution in [0.3, 0.4) is 0 Å². The molecule has 236 valence electrons. The summed E-state index contributed by atoms with van der Waals surface area (Å²) in [6.07, 6.45) is 6.78. The van der Waals surface area contributed by atoms with Gasteiger partial charge < -0.3 is 19.7 Å². The number of nitrogens with zero attached hydrogens (tertiary/aromatic N) is 3. The van der Waals surface area contributed by atoms with Crippen molar-refractivity contribution in [1.29, 1.82) is 0 Å². The number of ketones is 1. The summed E-state index contributed by atoms with van der Waals surface area (Å²) in [5.41, 5.74) is 3.98. The molecule has 5 rings (SSSR count). The number of piperidine rings is 1. The second-order valence-electron chi connectivity index (χ2n) is 11.7. The average Bonchev–Trinajstić information content (AvgIpc) is 3.58. The molecule has 2 aliphatic rings. The largest absolute Gasteiger partial charge is 0.342 e. The predicted octanol–water partition coefficient (Wildman–Crippen LogP) is 5.52. The van der Waals surface area contributed by atoms with Gasteiger partial charge >= 0.3 is 0 Å². The highest BCUT2D eigenvalue weighted by Crippen LogP contribution is 2.29. The third kappa shape index (κ3) is 6.45. The highest BCUT2D eigenvalue weighted by atomic mass is 19.1. The first-order chi connectivity index (χ1) is 21.5. The second kappa shape index (κ2) is 13.2. The second-order valence-corrected chi connectivity index (χ2v) is 11.7. The molecule has 0 spiro atoms. The molecule has 0 bridgehead atoms. The number of halogens is 2. The molecule has 1 unspecified atom stereocenters. The number of allylic oxidation sites excluding steroid dienone is 4. The van der Waals surface area contributed by atoms with Crippen molar-refractivity contribution in [3.63, 3.8) is 0 Å². The van der Waals surface area contributed by atoms with E-state index in [1.165, 1.54) is 22.8 Å². The van der Waals surface area contributed by atoms with E-state index in [9.17, 15) is 28.0 Å². The Morgan fingerprint density at radius 2 is 1.89 bits per heavy atom. The number of nitrogens with one attached hydrogen (secondary N) is 1. The van der Waals surface area contributed by atoms with Crippen molar-refractivity contribution in [1.82, 2.24) is 14.8 Å². The van der Waals surface area contributed by atoms with E-state index in [4.69, 9.17) is 0 Å². The summed E-state index contributed by atoms with van der Waals surface area (Å²) in [5, 5.41) is 3.42. The van der Waals surface area contributed by atoms with Gasteiger partial charge in [0.15, 0.2) is 5.78 Å². The Labute approximate surface area is 261 Å². The number of amides is 3. The van der Waals surface area contributed by atoms with Gasteiger partial charge in [0, 0.05) is 35.6 Å². The van der Waals surface area contributed by atoms with Gasteiger partial charge in [-0.2, -0.15) is 0 Å². The molecule has 2 fully saturated rings. The van der Waals surface area contributed by atoms with Crippen LogP contribution in [0.4, 0.5) is 14.5 Å². The first-order valence-electron chi connectivity index (χ1n) is 15.3. The van der Waals surface area contributed by atoms with E-state index in [0.29, 0.717) is 35.9 Å². The summed E-state index contributed by atoms with van der Waals surface area (Å²) in [7, 11) is 0. The molecule has 0 saturated carbocycles. The van der Waals surface area contributed by atoms with Crippen LogP contribution in [0.25, 0.3) is 16.5 Å². The Kier molecular flexibility index (Phi) is 9.32. The summed E-state index contributed by atoms with van der Waals surface area (Å²) in [6.45, 7) is 6.97. The third-order valence-corrected chi connectivity index (χ3v) is 8.58. The Bertz CT molecular complexity index is 1730. The van der Waals surface area contributed by atoms with E-state index in [1.807, 2.05) is 50.3 Å². The Morgan fingerprint density at radius 1 is 1.11 bits per heavy atom. The maximum atomic E-state index is 14.7. The Balaban J connectivity index is 1.34. The molecule has 1 aromatic heterocycles. The molecule has 3 atom stereocenters.